The molecule has 7 heteroatoms. The third-order valence-corrected chi connectivity index (χ3v) is 3.87. The number of ketones is 1. The van der Waals surface area contributed by atoms with Crippen molar-refractivity contribution in [3.63, 3.8) is 0 Å². The molecule has 120 valence electrons. The summed E-state index contributed by atoms with van der Waals surface area (Å²) >= 11 is 0. The first-order chi connectivity index (χ1) is 10.1. The zero-order chi connectivity index (χ0) is 14.8. The highest BCUT2D eigenvalue weighted by molar-refractivity contribution is 5.98. The number of benzene rings is 1. The summed E-state index contributed by atoms with van der Waals surface area (Å²) in [6.07, 6.45) is 0.461. The molecular formula is C15H19ClN2O4. The maximum absolute atomic E-state index is 12.2. The van der Waals surface area contributed by atoms with Crippen LogP contribution in [0.3, 0.4) is 0 Å². The van der Waals surface area contributed by atoms with Crippen LogP contribution in [0.5, 0.6) is 0 Å². The zero-order valence-corrected chi connectivity index (χ0v) is 13.2. The number of hydrogen-bond donors (Lipinski definition) is 0. The Morgan fingerprint density at radius 2 is 2.00 bits per heavy atom. The Bertz CT molecular complexity index is 716. The quantitative estimate of drug-likeness (QED) is 0.796. The largest absolute Gasteiger partial charge is 0.419 e. The second-order valence-electron chi connectivity index (χ2n) is 5.24. The van der Waals surface area contributed by atoms with Crippen LogP contribution in [0.2, 0.25) is 0 Å². The van der Waals surface area contributed by atoms with E-state index in [1.807, 2.05) is 0 Å². The number of morpholine rings is 1. The number of carbonyl (C=O) groups excluding carboxylic acids is 1. The summed E-state index contributed by atoms with van der Waals surface area (Å²) in [5.41, 5.74) is 1.74. The summed E-state index contributed by atoms with van der Waals surface area (Å²) in [4.78, 5) is 25.9. The lowest BCUT2D eigenvalue weighted by atomic mass is 10.1. The molecule has 0 atom stereocenters. The number of halogens is 1. The van der Waals surface area contributed by atoms with E-state index < -0.39 is 5.76 Å². The minimum atomic E-state index is -0.414. The molecule has 1 saturated heterocycles. The maximum Gasteiger partial charge on any atom is 0.419 e. The summed E-state index contributed by atoms with van der Waals surface area (Å²) in [5.74, 6) is -0.349. The van der Waals surface area contributed by atoms with E-state index in [1.54, 1.807) is 25.2 Å². The fraction of sp³-hybridized carbons (Fsp3) is 0.467. The molecule has 2 heterocycles. The van der Waals surface area contributed by atoms with Gasteiger partial charge in [-0.1, -0.05) is 0 Å². The number of fused-ring (bicyclic) bond motifs is 1. The van der Waals surface area contributed by atoms with Crippen LogP contribution in [0.4, 0.5) is 0 Å². The van der Waals surface area contributed by atoms with Gasteiger partial charge in [-0.05, 0) is 18.2 Å². The molecule has 0 radical (unpaired) electrons. The molecule has 1 aromatic carbocycles. The monoisotopic (exact) mass is 326 g/mol. The minimum Gasteiger partial charge on any atom is -0.408 e. The van der Waals surface area contributed by atoms with Crippen LogP contribution in [0, 0.1) is 0 Å². The van der Waals surface area contributed by atoms with Gasteiger partial charge in [-0.15, -0.1) is 12.4 Å². The Morgan fingerprint density at radius 1 is 1.27 bits per heavy atom. The third-order valence-electron chi connectivity index (χ3n) is 3.87. The van der Waals surface area contributed by atoms with Crippen molar-refractivity contribution < 1.29 is 13.9 Å². The number of nitrogens with zero attached hydrogens (tertiary/aromatic N) is 2. The highest BCUT2D eigenvalue weighted by atomic mass is 35.5. The number of hydrogen-bond acceptors (Lipinski definition) is 5. The first-order valence-electron chi connectivity index (χ1n) is 7.08. The Hall–Kier alpha value is -1.63. The van der Waals surface area contributed by atoms with Gasteiger partial charge >= 0.3 is 5.76 Å². The normalized spacial score (nSPS) is 15.7. The Morgan fingerprint density at radius 3 is 2.73 bits per heavy atom. The van der Waals surface area contributed by atoms with E-state index in [9.17, 15) is 9.59 Å². The fourth-order valence-electron chi connectivity index (χ4n) is 2.54. The minimum absolute atomic E-state index is 0. The van der Waals surface area contributed by atoms with Crippen molar-refractivity contribution in [2.45, 2.75) is 6.42 Å². The Labute approximate surface area is 134 Å². The predicted octanol–water partition coefficient (Wildman–Crippen LogP) is 1.46. The summed E-state index contributed by atoms with van der Waals surface area (Å²) in [6.45, 7) is 3.95. The average Bonchev–Trinajstić information content (AvgIpc) is 2.80. The van der Waals surface area contributed by atoms with Crippen LogP contribution in [0.15, 0.2) is 27.4 Å². The van der Waals surface area contributed by atoms with Crippen LogP contribution in [-0.2, 0) is 11.8 Å². The van der Waals surface area contributed by atoms with Gasteiger partial charge in [0.1, 0.15) is 0 Å². The molecule has 2 aromatic rings. The Balaban J connectivity index is 0.00000176. The molecule has 0 bridgehead atoms. The van der Waals surface area contributed by atoms with Crippen LogP contribution in [0.1, 0.15) is 16.8 Å². The third kappa shape index (κ3) is 3.40. The van der Waals surface area contributed by atoms with Gasteiger partial charge < -0.3 is 9.15 Å². The van der Waals surface area contributed by atoms with E-state index in [4.69, 9.17) is 9.15 Å². The molecule has 0 N–H and O–H groups in total. The molecular weight excluding hydrogens is 308 g/mol. The molecule has 6 nitrogen and oxygen atoms in total. The molecule has 0 unspecified atom stereocenters. The lowest BCUT2D eigenvalue weighted by molar-refractivity contribution is 0.0370. The van der Waals surface area contributed by atoms with Crippen molar-refractivity contribution in [1.29, 1.82) is 0 Å². The van der Waals surface area contributed by atoms with Crippen molar-refractivity contribution in [2.75, 3.05) is 32.8 Å². The molecule has 1 fully saturated rings. The van der Waals surface area contributed by atoms with Gasteiger partial charge in [-0.25, -0.2) is 4.79 Å². The highest BCUT2D eigenvalue weighted by Gasteiger charge is 2.14. The first kappa shape index (κ1) is 16.7. The molecule has 1 aliphatic heterocycles. The number of carbonyl (C=O) groups is 1. The molecule has 3 rings (SSSR count). The number of aromatic nitrogens is 1. The van der Waals surface area contributed by atoms with Gasteiger partial charge in [0, 0.05) is 38.7 Å². The van der Waals surface area contributed by atoms with Gasteiger partial charge in [0.15, 0.2) is 11.4 Å². The zero-order valence-electron chi connectivity index (χ0n) is 12.4. The van der Waals surface area contributed by atoms with Crippen LogP contribution in [-0.4, -0.2) is 48.1 Å². The van der Waals surface area contributed by atoms with Gasteiger partial charge in [0.25, 0.3) is 0 Å². The van der Waals surface area contributed by atoms with E-state index in [2.05, 4.69) is 4.90 Å². The molecule has 1 aromatic heterocycles. The average molecular weight is 327 g/mol. The van der Waals surface area contributed by atoms with Gasteiger partial charge in [-0.3, -0.25) is 14.3 Å². The predicted molar refractivity (Wildman–Crippen MR) is 84.9 cm³/mol. The Kier molecular flexibility index (Phi) is 5.39. The summed E-state index contributed by atoms with van der Waals surface area (Å²) in [7, 11) is 1.65. The van der Waals surface area contributed by atoms with Crippen molar-refractivity contribution in [3.05, 3.63) is 34.3 Å². The van der Waals surface area contributed by atoms with E-state index >= 15 is 0 Å². The van der Waals surface area contributed by atoms with E-state index in [0.717, 1.165) is 32.8 Å². The van der Waals surface area contributed by atoms with Crippen molar-refractivity contribution >= 4 is 29.3 Å². The number of oxazole rings is 1. The smallest absolute Gasteiger partial charge is 0.408 e. The fourth-order valence-corrected chi connectivity index (χ4v) is 2.54. The summed E-state index contributed by atoms with van der Waals surface area (Å²) < 4.78 is 11.8. The van der Waals surface area contributed by atoms with Crippen molar-refractivity contribution in [1.82, 2.24) is 9.47 Å². The van der Waals surface area contributed by atoms with Crippen LogP contribution >= 0.6 is 12.4 Å². The topological polar surface area (TPSA) is 64.7 Å². The molecule has 0 aliphatic carbocycles. The summed E-state index contributed by atoms with van der Waals surface area (Å²) in [6, 6.07) is 5.15. The molecule has 0 saturated carbocycles. The van der Waals surface area contributed by atoms with E-state index in [-0.39, 0.29) is 18.2 Å². The van der Waals surface area contributed by atoms with Crippen molar-refractivity contribution in [2.24, 2.45) is 7.05 Å². The van der Waals surface area contributed by atoms with Crippen LogP contribution in [0.25, 0.3) is 11.1 Å². The first-order valence-corrected chi connectivity index (χ1v) is 7.08. The van der Waals surface area contributed by atoms with Gasteiger partial charge in [-0.2, -0.15) is 0 Å². The summed E-state index contributed by atoms with van der Waals surface area (Å²) in [5, 5.41) is 0. The second kappa shape index (κ2) is 7.09. The maximum atomic E-state index is 12.2. The standard InChI is InChI=1S/C15H18N2O4.ClH/c1-16-12-3-2-11(10-14(12)21-15(16)19)13(18)4-5-17-6-8-20-9-7-17;/h2-3,10H,4-9H2,1H3;1H. The number of rotatable bonds is 4. The van der Waals surface area contributed by atoms with Crippen LogP contribution < -0.4 is 5.76 Å². The lowest BCUT2D eigenvalue weighted by Crippen LogP contribution is -2.37. The number of Topliss-reactive ketones (excluding diaryl/α,β-unsaturated/α-hetero) is 1. The van der Waals surface area contributed by atoms with E-state index in [1.165, 1.54) is 4.57 Å². The van der Waals surface area contributed by atoms with Crippen molar-refractivity contribution in [3.8, 4) is 0 Å². The van der Waals surface area contributed by atoms with Gasteiger partial charge in [0.2, 0.25) is 0 Å². The van der Waals surface area contributed by atoms with E-state index in [0.29, 0.717) is 23.1 Å². The lowest BCUT2D eigenvalue weighted by Gasteiger charge is -2.26. The number of aryl methyl sites for hydroxylation is 1. The van der Waals surface area contributed by atoms with Gasteiger partial charge in [0.05, 0.1) is 18.7 Å². The highest BCUT2D eigenvalue weighted by Crippen LogP contribution is 2.15. The second-order valence-corrected chi connectivity index (χ2v) is 5.24. The molecule has 0 spiro atoms. The molecule has 1 aliphatic rings. The molecule has 0 amide bonds. The number of ether oxygens (including phenoxy) is 1. The molecule has 22 heavy (non-hydrogen) atoms. The SMILES string of the molecule is Cl.Cn1c(=O)oc2cc(C(=O)CCN3CCOCC3)ccc21.